The summed E-state index contributed by atoms with van der Waals surface area (Å²) < 4.78 is 32.9. The number of aromatic nitrogens is 2. The van der Waals surface area contributed by atoms with Gasteiger partial charge in [-0.05, 0) is 62.9 Å². The minimum atomic E-state index is -0.422. The number of nitrogens with zero attached hydrogens (tertiary/aromatic N) is 1. The van der Waals surface area contributed by atoms with Crippen molar-refractivity contribution in [3.05, 3.63) is 54.1 Å². The molecule has 186 valence electrons. The van der Waals surface area contributed by atoms with Crippen molar-refractivity contribution < 1.29 is 23.4 Å². The predicted molar refractivity (Wildman–Crippen MR) is 134 cm³/mol. The summed E-state index contributed by atoms with van der Waals surface area (Å²) in [6.07, 6.45) is 6.19. The van der Waals surface area contributed by atoms with Gasteiger partial charge in [-0.2, -0.15) is 0 Å². The van der Waals surface area contributed by atoms with Crippen LogP contribution in [0.2, 0.25) is 0 Å². The van der Waals surface area contributed by atoms with E-state index in [2.05, 4.69) is 15.3 Å². The summed E-state index contributed by atoms with van der Waals surface area (Å²) in [4.78, 5) is 19.9. The van der Waals surface area contributed by atoms with E-state index < -0.39 is 5.82 Å². The predicted octanol–water partition coefficient (Wildman–Crippen LogP) is 5.79. The topological polar surface area (TPSA) is 85.5 Å². The van der Waals surface area contributed by atoms with Crippen molar-refractivity contribution in [3.63, 3.8) is 0 Å². The van der Waals surface area contributed by atoms with Crippen LogP contribution in [-0.2, 0) is 4.79 Å². The van der Waals surface area contributed by atoms with E-state index in [1.807, 2.05) is 6.92 Å². The SMILES string of the molecule is COc1cc2c(Oc3ccc4[nH]c(C)cc4c3F)ccnc2cc1OCC1(CC(=O)NC2CC2)CC1. The largest absolute Gasteiger partial charge is 0.493 e. The summed E-state index contributed by atoms with van der Waals surface area (Å²) in [5.41, 5.74) is 2.12. The van der Waals surface area contributed by atoms with Gasteiger partial charge in [0.15, 0.2) is 23.1 Å². The lowest BCUT2D eigenvalue weighted by atomic mass is 10.0. The van der Waals surface area contributed by atoms with Crippen LogP contribution in [0.1, 0.15) is 37.8 Å². The smallest absolute Gasteiger partial charge is 0.220 e. The molecule has 0 bridgehead atoms. The number of carbonyl (C=O) groups excluding carboxylic acids is 1. The van der Waals surface area contributed by atoms with Gasteiger partial charge in [0.05, 0.1) is 19.2 Å². The van der Waals surface area contributed by atoms with E-state index in [1.54, 1.807) is 49.7 Å². The molecular formula is C28H28FN3O4. The van der Waals surface area contributed by atoms with Crippen molar-refractivity contribution in [1.29, 1.82) is 0 Å². The zero-order valence-corrected chi connectivity index (χ0v) is 20.3. The number of halogens is 1. The maximum absolute atomic E-state index is 15.1. The lowest BCUT2D eigenvalue weighted by Gasteiger charge is -2.18. The Kier molecular flexibility index (Phi) is 5.47. The van der Waals surface area contributed by atoms with Crippen LogP contribution in [0.25, 0.3) is 21.8 Å². The Morgan fingerprint density at radius 2 is 1.94 bits per heavy atom. The Balaban J connectivity index is 1.24. The van der Waals surface area contributed by atoms with Gasteiger partial charge in [-0.15, -0.1) is 0 Å². The van der Waals surface area contributed by atoms with Gasteiger partial charge in [0.1, 0.15) is 5.75 Å². The molecule has 2 aliphatic carbocycles. The molecule has 2 fully saturated rings. The zero-order valence-electron chi connectivity index (χ0n) is 20.3. The molecule has 0 radical (unpaired) electrons. The zero-order chi connectivity index (χ0) is 24.9. The van der Waals surface area contributed by atoms with Crippen LogP contribution >= 0.6 is 0 Å². The fraction of sp³-hybridized carbons (Fsp3) is 0.357. The van der Waals surface area contributed by atoms with Crippen LogP contribution in [0, 0.1) is 18.2 Å². The summed E-state index contributed by atoms with van der Waals surface area (Å²) >= 11 is 0. The first kappa shape index (κ1) is 22.6. The van der Waals surface area contributed by atoms with Gasteiger partial charge in [0.2, 0.25) is 5.91 Å². The quantitative estimate of drug-likeness (QED) is 0.311. The van der Waals surface area contributed by atoms with Crippen LogP contribution < -0.4 is 19.5 Å². The molecule has 6 rings (SSSR count). The number of benzene rings is 2. The molecule has 2 saturated carbocycles. The van der Waals surface area contributed by atoms with Gasteiger partial charge in [-0.3, -0.25) is 9.78 Å². The standard InChI is InChI=1S/C28H28FN3O4/c1-16-11-19-20(31-16)5-6-23(27(19)29)36-22-7-10-30-21-13-25(24(34-2)12-18(21)22)35-15-28(8-9-28)14-26(33)32-17-3-4-17/h5-7,10-13,17,31H,3-4,8-9,14-15H2,1-2H3,(H,32,33). The monoisotopic (exact) mass is 489 g/mol. The van der Waals surface area contributed by atoms with Crippen molar-refractivity contribution in [3.8, 4) is 23.0 Å². The second-order valence-corrected chi connectivity index (χ2v) is 10.0. The Morgan fingerprint density at radius 1 is 1.11 bits per heavy atom. The minimum absolute atomic E-state index is 0.104. The van der Waals surface area contributed by atoms with Crippen LogP contribution in [0.15, 0.2) is 42.6 Å². The van der Waals surface area contributed by atoms with E-state index in [1.165, 1.54) is 0 Å². The third-order valence-electron chi connectivity index (χ3n) is 7.01. The molecule has 2 aliphatic rings. The van der Waals surface area contributed by atoms with Crippen molar-refractivity contribution in [2.24, 2.45) is 5.41 Å². The molecule has 1 amide bonds. The summed E-state index contributed by atoms with van der Waals surface area (Å²) in [7, 11) is 1.57. The average Bonchev–Trinajstić information content (AvgIpc) is 3.79. The number of methoxy groups -OCH3 is 1. The fourth-order valence-electron chi connectivity index (χ4n) is 4.60. The molecule has 2 aromatic carbocycles. The van der Waals surface area contributed by atoms with Gasteiger partial charge in [0.25, 0.3) is 0 Å². The highest BCUT2D eigenvalue weighted by molar-refractivity contribution is 5.89. The van der Waals surface area contributed by atoms with Crippen molar-refractivity contribution in [1.82, 2.24) is 15.3 Å². The maximum Gasteiger partial charge on any atom is 0.220 e. The number of nitrogens with one attached hydrogen (secondary N) is 2. The van der Waals surface area contributed by atoms with E-state index >= 15 is 4.39 Å². The highest BCUT2D eigenvalue weighted by Gasteiger charge is 2.46. The summed E-state index contributed by atoms with van der Waals surface area (Å²) in [5, 5.41) is 4.22. The molecule has 2 aromatic heterocycles. The number of hydrogen-bond acceptors (Lipinski definition) is 5. The Labute approximate surface area is 208 Å². The molecule has 0 atom stereocenters. The molecule has 0 unspecified atom stereocenters. The highest BCUT2D eigenvalue weighted by atomic mass is 19.1. The molecule has 8 heteroatoms. The first-order valence-corrected chi connectivity index (χ1v) is 12.3. The van der Waals surface area contributed by atoms with Crippen LogP contribution in [0.5, 0.6) is 23.0 Å². The molecule has 2 N–H and O–H groups in total. The number of carbonyl (C=O) groups is 1. The van der Waals surface area contributed by atoms with Gasteiger partial charge in [-0.1, -0.05) is 0 Å². The van der Waals surface area contributed by atoms with Crippen LogP contribution in [0.3, 0.4) is 0 Å². The molecular weight excluding hydrogens is 461 g/mol. The number of aryl methyl sites for hydroxylation is 1. The molecule has 7 nitrogen and oxygen atoms in total. The van der Waals surface area contributed by atoms with Crippen molar-refractivity contribution >= 4 is 27.7 Å². The Morgan fingerprint density at radius 3 is 2.69 bits per heavy atom. The molecule has 4 aromatic rings. The summed E-state index contributed by atoms with van der Waals surface area (Å²) in [5.74, 6) is 1.36. The first-order chi connectivity index (χ1) is 17.4. The number of H-pyrrole nitrogens is 1. The second kappa shape index (κ2) is 8.69. The molecule has 0 spiro atoms. The highest BCUT2D eigenvalue weighted by Crippen LogP contribution is 2.50. The average molecular weight is 490 g/mol. The van der Waals surface area contributed by atoms with Crippen LogP contribution in [0.4, 0.5) is 4.39 Å². The van der Waals surface area contributed by atoms with Gasteiger partial charge in [-0.25, -0.2) is 4.39 Å². The number of fused-ring (bicyclic) bond motifs is 2. The lowest BCUT2D eigenvalue weighted by molar-refractivity contribution is -0.122. The Bertz CT molecular complexity index is 1470. The lowest BCUT2D eigenvalue weighted by Crippen LogP contribution is -2.29. The first-order valence-electron chi connectivity index (χ1n) is 12.3. The minimum Gasteiger partial charge on any atom is -0.493 e. The van der Waals surface area contributed by atoms with E-state index in [0.29, 0.717) is 52.6 Å². The third-order valence-corrected chi connectivity index (χ3v) is 7.01. The summed E-state index contributed by atoms with van der Waals surface area (Å²) in [6.45, 7) is 2.32. The van der Waals surface area contributed by atoms with Crippen molar-refractivity contribution in [2.45, 2.75) is 45.1 Å². The molecule has 2 heterocycles. The van der Waals surface area contributed by atoms with Gasteiger partial charge in [0, 0.05) is 52.1 Å². The maximum atomic E-state index is 15.1. The number of ether oxygens (including phenoxy) is 3. The summed E-state index contributed by atoms with van der Waals surface area (Å²) in [6, 6.07) is 10.8. The number of hydrogen-bond donors (Lipinski definition) is 2. The van der Waals surface area contributed by atoms with E-state index in [0.717, 1.165) is 36.9 Å². The van der Waals surface area contributed by atoms with E-state index in [9.17, 15) is 4.79 Å². The van der Waals surface area contributed by atoms with E-state index in [4.69, 9.17) is 14.2 Å². The number of pyridine rings is 1. The van der Waals surface area contributed by atoms with Gasteiger partial charge < -0.3 is 24.5 Å². The van der Waals surface area contributed by atoms with Crippen LogP contribution in [-0.4, -0.2) is 35.6 Å². The Hall–Kier alpha value is -3.81. The molecule has 0 saturated heterocycles. The second-order valence-electron chi connectivity index (χ2n) is 10.0. The number of amides is 1. The van der Waals surface area contributed by atoms with Gasteiger partial charge >= 0.3 is 0 Å². The molecule has 0 aliphatic heterocycles. The number of aromatic amines is 1. The number of rotatable bonds is 9. The fourth-order valence-corrected chi connectivity index (χ4v) is 4.60. The molecule has 36 heavy (non-hydrogen) atoms. The van der Waals surface area contributed by atoms with E-state index in [-0.39, 0.29) is 17.1 Å². The third kappa shape index (κ3) is 4.43. The van der Waals surface area contributed by atoms with Crippen molar-refractivity contribution in [2.75, 3.05) is 13.7 Å². The normalized spacial score (nSPS) is 16.2.